The van der Waals surface area contributed by atoms with Crippen LogP contribution in [0.4, 0.5) is 0 Å². The van der Waals surface area contributed by atoms with Gasteiger partial charge in [-0.05, 0) is 32.8 Å². The van der Waals surface area contributed by atoms with E-state index in [1.807, 2.05) is 0 Å². The van der Waals surface area contributed by atoms with Gasteiger partial charge in [0.05, 0.1) is 6.10 Å². The second-order valence-corrected chi connectivity index (χ2v) is 6.31. The quantitative estimate of drug-likeness (QED) is 0.254. The SMILES string of the molecule is C=C1[C@H](CO)C/C(=C/CPP=O)C[C@H]1OC.II. The molecule has 1 aliphatic rings. The first-order valence-electron chi connectivity index (χ1n) is 5.42. The molecule has 0 bridgehead atoms. The Morgan fingerprint density at radius 2 is 2.28 bits per heavy atom. The van der Waals surface area contributed by atoms with E-state index in [4.69, 9.17) is 4.74 Å². The Bertz CT molecular complexity index is 280. The van der Waals surface area contributed by atoms with Gasteiger partial charge in [-0.3, -0.25) is 4.57 Å². The first-order chi connectivity index (χ1) is 8.72. The van der Waals surface area contributed by atoms with Crippen LogP contribution in [0.3, 0.4) is 0 Å². The molecule has 0 spiro atoms. The Labute approximate surface area is 135 Å². The van der Waals surface area contributed by atoms with Gasteiger partial charge in [0.15, 0.2) is 8.15 Å². The maximum atomic E-state index is 10.3. The van der Waals surface area contributed by atoms with E-state index >= 15 is 0 Å². The van der Waals surface area contributed by atoms with Crippen molar-refractivity contribution in [3.8, 4) is 0 Å². The molecule has 1 unspecified atom stereocenters. The molecule has 7 heteroatoms. The van der Waals surface area contributed by atoms with Crippen molar-refractivity contribution in [2.24, 2.45) is 5.92 Å². The van der Waals surface area contributed by atoms with Gasteiger partial charge in [-0.25, -0.2) is 0 Å². The molecule has 3 nitrogen and oxygen atoms in total. The third-order valence-corrected chi connectivity index (χ3v) is 4.40. The third kappa shape index (κ3) is 6.71. The molecule has 1 aliphatic carbocycles. The standard InChI is InChI=1S/C11H18O3P2.I2/c1-8-10(7-12)5-9(3-4-15-16-13)6-11(8)14-2;1-2/h3,10-12,15H,1,4-7H2,2H3;/b9-3-;/t10-,11+;/m0./s1. The van der Waals surface area contributed by atoms with Gasteiger partial charge in [0.2, 0.25) is 0 Å². The van der Waals surface area contributed by atoms with Crippen molar-refractivity contribution in [3.05, 3.63) is 23.8 Å². The van der Waals surface area contributed by atoms with Gasteiger partial charge in [0.25, 0.3) is 0 Å². The number of halogens is 2. The van der Waals surface area contributed by atoms with Gasteiger partial charge in [-0.1, -0.05) is 18.2 Å². The molecule has 0 aromatic carbocycles. The minimum absolute atomic E-state index is 0.0188. The number of hydrogen-bond acceptors (Lipinski definition) is 3. The molecule has 1 fully saturated rings. The van der Waals surface area contributed by atoms with Crippen LogP contribution in [0.2, 0.25) is 0 Å². The summed E-state index contributed by atoms with van der Waals surface area (Å²) in [6.45, 7) is 4.11. The van der Waals surface area contributed by atoms with E-state index in [1.54, 1.807) is 7.11 Å². The summed E-state index contributed by atoms with van der Waals surface area (Å²) in [5.41, 5.74) is 2.28. The number of allylic oxidation sites excluding steroid dienone is 1. The van der Waals surface area contributed by atoms with E-state index in [0.29, 0.717) is 8.27 Å². The molecule has 0 amide bonds. The van der Waals surface area contributed by atoms with Crippen LogP contribution >= 0.6 is 53.6 Å². The molecule has 1 rings (SSSR count). The average Bonchev–Trinajstić information content (AvgIpc) is 2.42. The van der Waals surface area contributed by atoms with Crippen molar-refractivity contribution < 1.29 is 14.4 Å². The van der Waals surface area contributed by atoms with E-state index < -0.39 is 0 Å². The van der Waals surface area contributed by atoms with E-state index in [0.717, 1.165) is 24.6 Å². The Balaban J connectivity index is 0.00000137. The van der Waals surface area contributed by atoms with Crippen molar-refractivity contribution in [1.29, 1.82) is 0 Å². The van der Waals surface area contributed by atoms with Gasteiger partial charge in [-0.2, -0.15) is 0 Å². The topological polar surface area (TPSA) is 46.5 Å². The van der Waals surface area contributed by atoms with Crippen molar-refractivity contribution in [2.45, 2.75) is 18.9 Å². The van der Waals surface area contributed by atoms with Crippen LogP contribution in [0.1, 0.15) is 12.8 Å². The first kappa shape index (κ1) is 19.4. The van der Waals surface area contributed by atoms with E-state index in [9.17, 15) is 9.67 Å². The van der Waals surface area contributed by atoms with Crippen molar-refractivity contribution in [1.82, 2.24) is 0 Å². The molecule has 3 atom stereocenters. The highest BCUT2D eigenvalue weighted by Crippen LogP contribution is 2.35. The summed E-state index contributed by atoms with van der Waals surface area (Å²) in [5, 5.41) is 9.27. The number of aliphatic hydroxyl groups excluding tert-OH is 1. The lowest BCUT2D eigenvalue weighted by Gasteiger charge is -2.31. The summed E-state index contributed by atoms with van der Waals surface area (Å²) in [6.07, 6.45) is 4.71. The Morgan fingerprint density at radius 3 is 2.78 bits per heavy atom. The summed E-state index contributed by atoms with van der Waals surface area (Å²) in [6, 6.07) is 0. The largest absolute Gasteiger partial charge is 0.396 e. The first-order valence-corrected chi connectivity index (χ1v) is 14.6. The molecule has 18 heavy (non-hydrogen) atoms. The van der Waals surface area contributed by atoms with Crippen LogP contribution < -0.4 is 0 Å². The molecule has 0 saturated heterocycles. The zero-order chi connectivity index (χ0) is 14.0. The smallest absolute Gasteiger partial charge is 0.178 e. The number of aliphatic hydroxyl groups is 1. The van der Waals surface area contributed by atoms with Crippen molar-refractivity contribution in [2.75, 3.05) is 19.9 Å². The molecule has 104 valence electrons. The molecule has 0 aromatic heterocycles. The lowest BCUT2D eigenvalue weighted by atomic mass is 9.80. The van der Waals surface area contributed by atoms with Crippen LogP contribution in [-0.2, 0) is 9.30 Å². The summed E-state index contributed by atoms with van der Waals surface area (Å²) >= 11 is 4.24. The highest BCUT2D eigenvalue weighted by atomic mass is 128. The van der Waals surface area contributed by atoms with Crippen LogP contribution in [0.25, 0.3) is 0 Å². The maximum Gasteiger partial charge on any atom is 0.178 e. The van der Waals surface area contributed by atoms with Crippen LogP contribution in [0.15, 0.2) is 23.8 Å². The molecular formula is C11H18I2O3P2. The van der Waals surface area contributed by atoms with Gasteiger partial charge in [0.1, 0.15) is 0 Å². The average molecular weight is 514 g/mol. The van der Waals surface area contributed by atoms with Gasteiger partial charge in [-0.15, -0.1) is 0 Å². The highest BCUT2D eigenvalue weighted by Gasteiger charge is 2.27. The zero-order valence-corrected chi connectivity index (χ0v) is 16.4. The minimum Gasteiger partial charge on any atom is -0.396 e. The third-order valence-electron chi connectivity index (χ3n) is 2.95. The van der Waals surface area contributed by atoms with E-state index in [1.165, 1.54) is 5.57 Å². The molecule has 0 heterocycles. The predicted molar refractivity (Wildman–Crippen MR) is 96.7 cm³/mol. The molecule has 0 radical (unpaired) electrons. The summed E-state index contributed by atoms with van der Waals surface area (Å²) in [4.78, 5) is 0. The van der Waals surface area contributed by atoms with Crippen LogP contribution in [0, 0.1) is 5.92 Å². The summed E-state index contributed by atoms with van der Waals surface area (Å²) in [5.74, 6) is 0.109. The summed E-state index contributed by atoms with van der Waals surface area (Å²) in [7, 11) is 2.32. The fourth-order valence-corrected chi connectivity index (χ4v) is 2.93. The molecule has 1 saturated carbocycles. The van der Waals surface area contributed by atoms with Crippen molar-refractivity contribution >= 4 is 53.6 Å². The van der Waals surface area contributed by atoms with Crippen molar-refractivity contribution in [3.63, 3.8) is 0 Å². The Hall–Kier alpha value is 1.39. The highest BCUT2D eigenvalue weighted by molar-refractivity contribution is 15.0. The lowest BCUT2D eigenvalue weighted by Crippen LogP contribution is -2.28. The fraction of sp³-hybridized carbons (Fsp3) is 0.636. The van der Waals surface area contributed by atoms with Crippen LogP contribution in [-0.4, -0.2) is 31.1 Å². The molecule has 1 N–H and O–H groups in total. The van der Waals surface area contributed by atoms with E-state index in [2.05, 4.69) is 49.9 Å². The van der Waals surface area contributed by atoms with Gasteiger partial charge in [0, 0.05) is 56.9 Å². The molecular weight excluding hydrogens is 496 g/mol. The maximum absolute atomic E-state index is 10.3. The molecule has 0 aromatic rings. The normalized spacial score (nSPS) is 26.7. The predicted octanol–water partition coefficient (Wildman–Crippen LogP) is 4.54. The number of methoxy groups -OCH3 is 1. The monoisotopic (exact) mass is 514 g/mol. The Morgan fingerprint density at radius 1 is 1.61 bits per heavy atom. The minimum atomic E-state index is 0.0188. The Kier molecular flexibility index (Phi) is 13.1. The number of rotatable bonds is 5. The lowest BCUT2D eigenvalue weighted by molar-refractivity contribution is 0.101. The number of ether oxygens (including phenoxy) is 1. The van der Waals surface area contributed by atoms with E-state index in [-0.39, 0.29) is 26.8 Å². The van der Waals surface area contributed by atoms with Crippen LogP contribution in [0.5, 0.6) is 0 Å². The number of hydrogen-bond donors (Lipinski definition) is 1. The zero-order valence-electron chi connectivity index (χ0n) is 10.2. The summed E-state index contributed by atoms with van der Waals surface area (Å²) < 4.78 is 15.7. The second-order valence-electron chi connectivity index (χ2n) is 3.90. The van der Waals surface area contributed by atoms with Gasteiger partial charge < -0.3 is 9.84 Å². The molecule has 0 aliphatic heterocycles. The second kappa shape index (κ2) is 12.2. The van der Waals surface area contributed by atoms with Gasteiger partial charge >= 0.3 is 0 Å². The fourth-order valence-electron chi connectivity index (χ4n) is 1.97.